The molecule has 0 spiro atoms. The number of fused-ring (bicyclic) bond motifs is 1. The summed E-state index contributed by atoms with van der Waals surface area (Å²) in [5, 5.41) is 11.7. The van der Waals surface area contributed by atoms with Crippen LogP contribution in [0.2, 0.25) is 0 Å². The molecule has 3 rings (SSSR count). The Bertz CT molecular complexity index is 785. The average Bonchev–Trinajstić information content (AvgIpc) is 2.66. The number of hydrogen-bond acceptors (Lipinski definition) is 3. The predicted molar refractivity (Wildman–Crippen MR) is 110 cm³/mol. The second-order valence-electron chi connectivity index (χ2n) is 7.86. The van der Waals surface area contributed by atoms with E-state index in [4.69, 9.17) is 9.88 Å². The summed E-state index contributed by atoms with van der Waals surface area (Å²) in [5.74, 6) is 1.71. The van der Waals surface area contributed by atoms with E-state index in [0.29, 0.717) is 5.92 Å². The molecule has 0 aliphatic carbocycles. The van der Waals surface area contributed by atoms with Crippen LogP contribution >= 0.6 is 0 Å². The SMILES string of the molecule is COc1ccc2ccccc2c1[C@H](CC(C)(C)S(N)=O)C1CCNCC1. The molecule has 5 heteroatoms. The van der Waals surface area contributed by atoms with E-state index in [9.17, 15) is 4.21 Å². The Morgan fingerprint density at radius 1 is 1.23 bits per heavy atom. The summed E-state index contributed by atoms with van der Waals surface area (Å²) in [7, 11) is 0.362. The molecule has 2 aromatic rings. The van der Waals surface area contributed by atoms with Gasteiger partial charge < -0.3 is 10.1 Å². The maximum Gasteiger partial charge on any atom is 0.122 e. The van der Waals surface area contributed by atoms with Crippen LogP contribution in [0.25, 0.3) is 10.8 Å². The van der Waals surface area contributed by atoms with Gasteiger partial charge in [-0.3, -0.25) is 5.14 Å². The van der Waals surface area contributed by atoms with Gasteiger partial charge in [-0.2, -0.15) is 0 Å². The van der Waals surface area contributed by atoms with Crippen molar-refractivity contribution < 1.29 is 8.95 Å². The molecule has 1 aliphatic heterocycles. The van der Waals surface area contributed by atoms with Gasteiger partial charge in [-0.15, -0.1) is 0 Å². The first-order valence-corrected chi connectivity index (χ1v) is 10.6. The highest BCUT2D eigenvalue weighted by molar-refractivity contribution is 7.84. The van der Waals surface area contributed by atoms with Gasteiger partial charge in [0.05, 0.1) is 22.8 Å². The molecule has 1 unspecified atom stereocenters. The van der Waals surface area contributed by atoms with Crippen LogP contribution in [0.3, 0.4) is 0 Å². The summed E-state index contributed by atoms with van der Waals surface area (Å²) in [5.41, 5.74) is 1.25. The fourth-order valence-corrected chi connectivity index (χ4v) is 4.54. The Kier molecular flexibility index (Phi) is 6.00. The van der Waals surface area contributed by atoms with Crippen LogP contribution in [0.4, 0.5) is 0 Å². The molecule has 1 saturated heterocycles. The van der Waals surface area contributed by atoms with Gasteiger partial charge >= 0.3 is 0 Å². The topological polar surface area (TPSA) is 64.3 Å². The largest absolute Gasteiger partial charge is 0.496 e. The molecule has 1 fully saturated rings. The van der Waals surface area contributed by atoms with Crippen LogP contribution in [-0.4, -0.2) is 29.2 Å². The minimum Gasteiger partial charge on any atom is -0.496 e. The molecule has 2 aromatic carbocycles. The van der Waals surface area contributed by atoms with Crippen LogP contribution in [0.5, 0.6) is 5.75 Å². The second kappa shape index (κ2) is 8.07. The van der Waals surface area contributed by atoms with E-state index < -0.39 is 15.7 Å². The fraction of sp³-hybridized carbons (Fsp3) is 0.524. The van der Waals surface area contributed by atoms with Gasteiger partial charge in [-0.1, -0.05) is 30.3 Å². The van der Waals surface area contributed by atoms with Crippen molar-refractivity contribution in [2.24, 2.45) is 11.1 Å². The molecule has 0 amide bonds. The molecule has 4 nitrogen and oxygen atoms in total. The highest BCUT2D eigenvalue weighted by Crippen LogP contribution is 2.45. The number of ether oxygens (including phenoxy) is 1. The van der Waals surface area contributed by atoms with E-state index in [-0.39, 0.29) is 5.92 Å². The highest BCUT2D eigenvalue weighted by Gasteiger charge is 2.35. The van der Waals surface area contributed by atoms with Crippen LogP contribution in [0, 0.1) is 5.92 Å². The first-order chi connectivity index (χ1) is 12.4. The Balaban J connectivity index is 2.14. The van der Waals surface area contributed by atoms with Gasteiger partial charge in [0.15, 0.2) is 0 Å². The van der Waals surface area contributed by atoms with Crippen molar-refractivity contribution in [1.29, 1.82) is 0 Å². The summed E-state index contributed by atoms with van der Waals surface area (Å²) in [6.45, 7) is 6.07. The Hall–Kier alpha value is -1.43. The van der Waals surface area contributed by atoms with Gasteiger partial charge in [0, 0.05) is 5.56 Å². The van der Waals surface area contributed by atoms with Crippen molar-refractivity contribution in [1.82, 2.24) is 5.32 Å². The van der Waals surface area contributed by atoms with E-state index in [2.05, 4.69) is 41.7 Å². The normalized spacial score (nSPS) is 18.6. The zero-order chi connectivity index (χ0) is 18.7. The van der Waals surface area contributed by atoms with Crippen molar-refractivity contribution >= 4 is 21.8 Å². The lowest BCUT2D eigenvalue weighted by Gasteiger charge is -2.36. The molecule has 0 aromatic heterocycles. The molecule has 0 bridgehead atoms. The van der Waals surface area contributed by atoms with Crippen molar-refractivity contribution in [2.45, 2.75) is 43.8 Å². The molecule has 0 saturated carbocycles. The molecular weight excluding hydrogens is 344 g/mol. The standard InChI is InChI=1S/C21H30N2O2S/c1-21(2,26(22)24)14-18(16-10-12-23-13-11-16)20-17-7-5-4-6-15(17)8-9-19(20)25-3/h4-9,16,18,23H,10-14,22H2,1-3H3/t18-,26?/m1/s1. The Labute approximate surface area is 159 Å². The van der Waals surface area contributed by atoms with Crippen LogP contribution in [0.15, 0.2) is 36.4 Å². The van der Waals surface area contributed by atoms with E-state index in [0.717, 1.165) is 38.1 Å². The quantitative estimate of drug-likeness (QED) is 0.810. The summed E-state index contributed by atoms with van der Waals surface area (Å²) in [4.78, 5) is 0. The lowest BCUT2D eigenvalue weighted by Crippen LogP contribution is -2.38. The molecule has 1 heterocycles. The number of rotatable bonds is 6. The summed E-state index contributed by atoms with van der Waals surface area (Å²) >= 11 is 0. The third-order valence-corrected chi connectivity index (χ3v) is 6.99. The zero-order valence-corrected chi connectivity index (χ0v) is 16.8. The smallest absolute Gasteiger partial charge is 0.122 e. The number of nitrogens with one attached hydrogen (secondary N) is 1. The van der Waals surface area contributed by atoms with Gasteiger partial charge in [-0.25, -0.2) is 4.21 Å². The monoisotopic (exact) mass is 374 g/mol. The second-order valence-corrected chi connectivity index (χ2v) is 9.56. The molecule has 26 heavy (non-hydrogen) atoms. The van der Waals surface area contributed by atoms with Gasteiger partial charge in [-0.05, 0) is 74.9 Å². The molecular formula is C21H30N2O2S. The van der Waals surface area contributed by atoms with E-state index in [1.54, 1.807) is 7.11 Å². The third-order valence-electron chi connectivity index (χ3n) is 5.73. The first kappa shape index (κ1) is 19.3. The van der Waals surface area contributed by atoms with Crippen LogP contribution in [-0.2, 0) is 11.0 Å². The Morgan fingerprint density at radius 2 is 1.92 bits per heavy atom. The summed E-state index contributed by atoms with van der Waals surface area (Å²) < 4.78 is 17.5. The maximum absolute atomic E-state index is 12.2. The van der Waals surface area contributed by atoms with Gasteiger partial charge in [0.1, 0.15) is 5.75 Å². The van der Waals surface area contributed by atoms with Crippen LogP contribution < -0.4 is 15.2 Å². The molecule has 2 atom stereocenters. The minimum absolute atomic E-state index is 0.264. The van der Waals surface area contributed by atoms with Gasteiger partial charge in [0.25, 0.3) is 0 Å². The highest BCUT2D eigenvalue weighted by atomic mass is 32.2. The third kappa shape index (κ3) is 3.95. The lowest BCUT2D eigenvalue weighted by molar-refractivity contribution is 0.288. The van der Waals surface area contributed by atoms with E-state index in [1.807, 2.05) is 13.8 Å². The number of benzene rings is 2. The number of hydrogen-bond donors (Lipinski definition) is 2. The number of piperidine rings is 1. The molecule has 142 valence electrons. The lowest BCUT2D eigenvalue weighted by atomic mass is 9.74. The van der Waals surface area contributed by atoms with Crippen molar-refractivity contribution in [3.8, 4) is 5.75 Å². The van der Waals surface area contributed by atoms with Crippen molar-refractivity contribution in [2.75, 3.05) is 20.2 Å². The zero-order valence-electron chi connectivity index (χ0n) is 16.0. The number of methoxy groups -OCH3 is 1. The predicted octanol–water partition coefficient (Wildman–Crippen LogP) is 3.72. The van der Waals surface area contributed by atoms with E-state index >= 15 is 0 Å². The van der Waals surface area contributed by atoms with Crippen LogP contribution in [0.1, 0.15) is 44.6 Å². The molecule has 3 N–H and O–H groups in total. The molecule has 0 radical (unpaired) electrons. The van der Waals surface area contributed by atoms with Crippen molar-refractivity contribution in [3.63, 3.8) is 0 Å². The minimum atomic E-state index is -1.37. The summed E-state index contributed by atoms with van der Waals surface area (Å²) in [6, 6.07) is 12.6. The molecule has 1 aliphatic rings. The number of nitrogens with two attached hydrogens (primary N) is 1. The fourth-order valence-electron chi connectivity index (χ4n) is 4.20. The maximum atomic E-state index is 12.2. The Morgan fingerprint density at radius 3 is 2.58 bits per heavy atom. The summed E-state index contributed by atoms with van der Waals surface area (Å²) in [6.07, 6.45) is 3.01. The first-order valence-electron chi connectivity index (χ1n) is 9.36. The van der Waals surface area contributed by atoms with Crippen molar-refractivity contribution in [3.05, 3.63) is 42.0 Å². The van der Waals surface area contributed by atoms with E-state index in [1.165, 1.54) is 16.3 Å². The average molecular weight is 375 g/mol. The van der Waals surface area contributed by atoms with Gasteiger partial charge in [0.2, 0.25) is 0 Å².